The molecule has 2 aromatic heterocycles. The summed E-state index contributed by atoms with van der Waals surface area (Å²) >= 11 is 3.49. The van der Waals surface area contributed by atoms with Gasteiger partial charge < -0.3 is 10.2 Å². The van der Waals surface area contributed by atoms with Crippen LogP contribution in [0.4, 0.5) is 5.82 Å². The number of halogens is 1. The third-order valence-electron chi connectivity index (χ3n) is 4.19. The van der Waals surface area contributed by atoms with Crippen molar-refractivity contribution in [2.24, 2.45) is 5.92 Å². The molecule has 2 fully saturated rings. The molecule has 0 aromatic carbocycles. The van der Waals surface area contributed by atoms with Crippen molar-refractivity contribution in [1.29, 1.82) is 0 Å². The first-order valence-electron chi connectivity index (χ1n) is 7.06. The number of anilines is 1. The van der Waals surface area contributed by atoms with E-state index in [4.69, 9.17) is 10.2 Å². The van der Waals surface area contributed by atoms with Crippen LogP contribution in [0.5, 0.6) is 0 Å². The normalized spacial score (nSPS) is 24.9. The van der Waals surface area contributed by atoms with E-state index in [-0.39, 0.29) is 0 Å². The Labute approximate surface area is 125 Å². The van der Waals surface area contributed by atoms with Crippen LogP contribution < -0.4 is 5.73 Å². The van der Waals surface area contributed by atoms with Crippen LogP contribution in [0.2, 0.25) is 0 Å². The van der Waals surface area contributed by atoms with E-state index in [1.54, 1.807) is 0 Å². The summed E-state index contributed by atoms with van der Waals surface area (Å²) in [5.41, 5.74) is 7.00. The van der Waals surface area contributed by atoms with Crippen molar-refractivity contribution in [2.45, 2.75) is 38.0 Å². The molecule has 4 rings (SSSR count). The number of furan rings is 1. The molecule has 2 heterocycles. The molecule has 2 aliphatic carbocycles. The molecule has 2 unspecified atom stereocenters. The van der Waals surface area contributed by atoms with Crippen molar-refractivity contribution in [2.75, 3.05) is 5.73 Å². The monoisotopic (exact) mass is 333 g/mol. The summed E-state index contributed by atoms with van der Waals surface area (Å²) in [5, 5.41) is 0. The number of nitrogens with two attached hydrogens (primary N) is 1. The van der Waals surface area contributed by atoms with Gasteiger partial charge in [-0.3, -0.25) is 0 Å². The maximum Gasteiger partial charge on any atom is 0.197 e. The number of hydrogen-bond acceptors (Lipinski definition) is 4. The Morgan fingerprint density at radius 2 is 2.05 bits per heavy atom. The van der Waals surface area contributed by atoms with Crippen LogP contribution in [0.25, 0.3) is 11.6 Å². The Morgan fingerprint density at radius 3 is 2.70 bits per heavy atom. The molecule has 0 saturated heterocycles. The molecule has 2 N–H and O–H groups in total. The van der Waals surface area contributed by atoms with Gasteiger partial charge in [0, 0.05) is 11.8 Å². The van der Waals surface area contributed by atoms with Crippen LogP contribution in [0, 0.1) is 5.92 Å². The van der Waals surface area contributed by atoms with Gasteiger partial charge in [0.05, 0.1) is 10.2 Å². The van der Waals surface area contributed by atoms with Crippen molar-refractivity contribution in [3.63, 3.8) is 0 Å². The second kappa shape index (κ2) is 4.32. The summed E-state index contributed by atoms with van der Waals surface area (Å²) in [6.07, 6.45) is 3.57. The van der Waals surface area contributed by atoms with E-state index in [0.717, 1.165) is 27.6 Å². The molecule has 0 aliphatic heterocycles. The van der Waals surface area contributed by atoms with E-state index in [1.807, 2.05) is 12.1 Å². The number of rotatable bonds is 3. The maximum absolute atomic E-state index is 5.99. The second-order valence-corrected chi connectivity index (χ2v) is 6.72. The summed E-state index contributed by atoms with van der Waals surface area (Å²) in [5.74, 6) is 4.69. The van der Waals surface area contributed by atoms with Crippen LogP contribution >= 0.6 is 15.9 Å². The van der Waals surface area contributed by atoms with E-state index >= 15 is 0 Å². The minimum atomic E-state index is 0.495. The van der Waals surface area contributed by atoms with E-state index in [1.165, 1.54) is 19.3 Å². The lowest BCUT2D eigenvalue weighted by Gasteiger charge is -2.06. The fraction of sp³-hybridized carbons (Fsp3) is 0.467. The number of nitrogens with zero attached hydrogens (tertiary/aromatic N) is 2. The fourth-order valence-electron chi connectivity index (χ4n) is 2.61. The molecule has 104 valence electrons. The molecule has 0 bridgehead atoms. The first kappa shape index (κ1) is 12.4. The zero-order chi connectivity index (χ0) is 13.9. The van der Waals surface area contributed by atoms with E-state index in [0.29, 0.717) is 23.5 Å². The Balaban J connectivity index is 1.72. The quantitative estimate of drug-likeness (QED) is 0.918. The predicted molar refractivity (Wildman–Crippen MR) is 80.3 cm³/mol. The fourth-order valence-corrected chi connectivity index (χ4v) is 3.11. The average molecular weight is 334 g/mol. The molecule has 2 aliphatic rings. The first-order chi connectivity index (χ1) is 9.63. The van der Waals surface area contributed by atoms with Crippen molar-refractivity contribution in [3.05, 3.63) is 28.1 Å². The Bertz CT molecular complexity index is 678. The van der Waals surface area contributed by atoms with Gasteiger partial charge in [-0.05, 0) is 53.2 Å². The van der Waals surface area contributed by atoms with E-state index in [9.17, 15) is 0 Å². The molecule has 2 aromatic rings. The number of hydrogen-bond donors (Lipinski definition) is 1. The van der Waals surface area contributed by atoms with Crippen LogP contribution in [-0.2, 0) is 0 Å². The maximum atomic E-state index is 5.99. The lowest BCUT2D eigenvalue weighted by Crippen LogP contribution is -2.01. The van der Waals surface area contributed by atoms with Crippen LogP contribution in [-0.4, -0.2) is 9.97 Å². The zero-order valence-electron chi connectivity index (χ0n) is 11.3. The predicted octanol–water partition coefficient (Wildman–Crippen LogP) is 4.08. The Hall–Kier alpha value is -1.36. The molecule has 5 heteroatoms. The standard InChI is InChI=1S/C15H16BrN3O/c1-7-6-9(7)10-4-5-11(20-10)15-18-13(8-2-3-8)12(16)14(17)19-15/h4-5,7-9H,2-3,6H2,1H3,(H2,17,18,19). The van der Waals surface area contributed by atoms with E-state index < -0.39 is 0 Å². The number of nitrogen functional groups attached to an aromatic ring is 1. The molecule has 4 nitrogen and oxygen atoms in total. The van der Waals surface area contributed by atoms with Gasteiger partial charge in [-0.1, -0.05) is 6.92 Å². The Morgan fingerprint density at radius 1 is 1.30 bits per heavy atom. The van der Waals surface area contributed by atoms with Gasteiger partial charge in [-0.15, -0.1) is 0 Å². The van der Waals surface area contributed by atoms with Crippen LogP contribution in [0.3, 0.4) is 0 Å². The topological polar surface area (TPSA) is 64.9 Å². The molecule has 0 amide bonds. The van der Waals surface area contributed by atoms with E-state index in [2.05, 4.69) is 32.8 Å². The van der Waals surface area contributed by atoms with Crippen molar-refractivity contribution in [3.8, 4) is 11.6 Å². The van der Waals surface area contributed by atoms with Gasteiger partial charge in [0.15, 0.2) is 11.6 Å². The molecular formula is C15H16BrN3O. The summed E-state index contributed by atoms with van der Waals surface area (Å²) < 4.78 is 6.76. The SMILES string of the molecule is CC1CC1c1ccc(-c2nc(N)c(Br)c(C3CC3)n2)o1. The molecular weight excluding hydrogens is 318 g/mol. The summed E-state index contributed by atoms with van der Waals surface area (Å²) in [4.78, 5) is 9.00. The summed E-state index contributed by atoms with van der Waals surface area (Å²) in [7, 11) is 0. The third kappa shape index (κ3) is 2.04. The molecule has 0 radical (unpaired) electrons. The van der Waals surface area contributed by atoms with Crippen molar-refractivity contribution < 1.29 is 4.42 Å². The largest absolute Gasteiger partial charge is 0.457 e. The molecule has 2 atom stereocenters. The highest BCUT2D eigenvalue weighted by Gasteiger charge is 2.37. The summed E-state index contributed by atoms with van der Waals surface area (Å²) in [6.45, 7) is 2.24. The van der Waals surface area contributed by atoms with Gasteiger partial charge in [-0.25, -0.2) is 9.97 Å². The van der Waals surface area contributed by atoms with Gasteiger partial charge in [0.1, 0.15) is 11.6 Å². The lowest BCUT2D eigenvalue weighted by molar-refractivity contribution is 0.514. The first-order valence-corrected chi connectivity index (χ1v) is 7.86. The van der Waals surface area contributed by atoms with Gasteiger partial charge in [-0.2, -0.15) is 0 Å². The minimum absolute atomic E-state index is 0.495. The Kier molecular flexibility index (Phi) is 2.67. The highest BCUT2D eigenvalue weighted by atomic mass is 79.9. The van der Waals surface area contributed by atoms with Gasteiger partial charge >= 0.3 is 0 Å². The van der Waals surface area contributed by atoms with Crippen molar-refractivity contribution in [1.82, 2.24) is 9.97 Å². The number of aromatic nitrogens is 2. The zero-order valence-corrected chi connectivity index (χ0v) is 12.9. The third-order valence-corrected chi connectivity index (χ3v) is 5.00. The molecule has 2 saturated carbocycles. The average Bonchev–Trinajstić information content (AvgIpc) is 3.33. The lowest BCUT2D eigenvalue weighted by atomic mass is 10.2. The smallest absolute Gasteiger partial charge is 0.197 e. The van der Waals surface area contributed by atoms with Crippen LogP contribution in [0.1, 0.15) is 49.5 Å². The molecule has 20 heavy (non-hydrogen) atoms. The van der Waals surface area contributed by atoms with Crippen LogP contribution in [0.15, 0.2) is 21.0 Å². The van der Waals surface area contributed by atoms with Crippen molar-refractivity contribution >= 4 is 21.7 Å². The van der Waals surface area contributed by atoms with Gasteiger partial charge in [0.2, 0.25) is 0 Å². The highest BCUT2D eigenvalue weighted by Crippen LogP contribution is 2.48. The molecule has 0 spiro atoms. The minimum Gasteiger partial charge on any atom is -0.457 e. The van der Waals surface area contributed by atoms with Gasteiger partial charge in [0.25, 0.3) is 0 Å². The summed E-state index contributed by atoms with van der Waals surface area (Å²) in [6, 6.07) is 4.00. The second-order valence-electron chi connectivity index (χ2n) is 5.93. The highest BCUT2D eigenvalue weighted by molar-refractivity contribution is 9.10.